The number of carboxylic acid groups (broad SMARTS) is 1. The number of carbonyl (C=O) groups excluding carboxylic acids is 1. The van der Waals surface area contributed by atoms with Crippen molar-refractivity contribution in [3.63, 3.8) is 0 Å². The Balaban J connectivity index is 1.41. The number of rotatable bonds is 8. The van der Waals surface area contributed by atoms with Gasteiger partial charge >= 0.3 is 12.1 Å². The van der Waals surface area contributed by atoms with Crippen LogP contribution in [0.4, 0.5) is 13.2 Å². The molecular formula is C33H34F3N5O3. The zero-order chi connectivity index (χ0) is 31.2. The number of piperidine rings is 1. The van der Waals surface area contributed by atoms with E-state index in [2.05, 4.69) is 10.3 Å². The molecule has 230 valence electrons. The van der Waals surface area contributed by atoms with Gasteiger partial charge in [-0.05, 0) is 67.5 Å². The Morgan fingerprint density at radius 1 is 1.05 bits per heavy atom. The smallest absolute Gasteiger partial charge is 0.417 e. The third-order valence-electron chi connectivity index (χ3n) is 8.82. The summed E-state index contributed by atoms with van der Waals surface area (Å²) in [6.45, 7) is 2.46. The molecule has 6 rings (SSSR count). The second-order valence-electron chi connectivity index (χ2n) is 11.8. The van der Waals surface area contributed by atoms with Gasteiger partial charge in [0.15, 0.2) is 0 Å². The molecule has 0 radical (unpaired) electrons. The Labute approximate surface area is 253 Å². The minimum absolute atomic E-state index is 0.00974. The predicted octanol–water partition coefficient (Wildman–Crippen LogP) is 7.06. The summed E-state index contributed by atoms with van der Waals surface area (Å²) in [6, 6.07) is 12.2. The number of aromatic carboxylic acids is 1. The highest BCUT2D eigenvalue weighted by Crippen LogP contribution is 2.55. The summed E-state index contributed by atoms with van der Waals surface area (Å²) in [7, 11) is 1.76. The number of carbonyl (C=O) groups is 2. The number of alkyl halides is 3. The van der Waals surface area contributed by atoms with Crippen LogP contribution in [-0.4, -0.2) is 54.0 Å². The first-order valence-corrected chi connectivity index (χ1v) is 15.0. The molecule has 2 fully saturated rings. The molecule has 0 unspecified atom stereocenters. The van der Waals surface area contributed by atoms with Crippen molar-refractivity contribution in [3.8, 4) is 16.8 Å². The van der Waals surface area contributed by atoms with Crippen molar-refractivity contribution >= 4 is 11.9 Å². The molecule has 1 saturated carbocycles. The molecule has 11 heteroatoms. The molecule has 2 aromatic heterocycles. The van der Waals surface area contributed by atoms with Gasteiger partial charge < -0.3 is 14.6 Å². The molecule has 3 heterocycles. The third-order valence-corrected chi connectivity index (χ3v) is 8.82. The van der Waals surface area contributed by atoms with Crippen LogP contribution in [0, 0.1) is 0 Å². The van der Waals surface area contributed by atoms with Gasteiger partial charge in [-0.25, -0.2) is 4.79 Å². The number of likely N-dealkylation sites (tertiary alicyclic amines) is 1. The summed E-state index contributed by atoms with van der Waals surface area (Å²) in [5.41, 5.74) is 0.891. The molecule has 4 aromatic rings. The van der Waals surface area contributed by atoms with Gasteiger partial charge in [-0.1, -0.05) is 42.8 Å². The van der Waals surface area contributed by atoms with E-state index in [1.165, 1.54) is 24.3 Å². The second kappa shape index (κ2) is 11.6. The fraction of sp³-hybridized carbons (Fsp3) is 0.394. The highest BCUT2D eigenvalue weighted by Gasteiger charge is 2.45. The Hall–Kier alpha value is -4.41. The summed E-state index contributed by atoms with van der Waals surface area (Å²) in [5, 5.41) is 18.1. The number of nitrogens with zero attached hydrogens (tertiary/aromatic N) is 5. The molecule has 1 amide bonds. The van der Waals surface area contributed by atoms with Gasteiger partial charge in [0, 0.05) is 55.2 Å². The molecule has 44 heavy (non-hydrogen) atoms. The van der Waals surface area contributed by atoms with E-state index in [-0.39, 0.29) is 40.1 Å². The van der Waals surface area contributed by atoms with E-state index in [9.17, 15) is 27.9 Å². The fourth-order valence-corrected chi connectivity index (χ4v) is 6.74. The zero-order valence-electron chi connectivity index (χ0n) is 24.6. The molecule has 2 aromatic carbocycles. The van der Waals surface area contributed by atoms with Crippen LogP contribution >= 0.6 is 0 Å². The quantitative estimate of drug-likeness (QED) is 0.232. The van der Waals surface area contributed by atoms with Crippen LogP contribution in [-0.2, 0) is 13.2 Å². The van der Waals surface area contributed by atoms with Crippen molar-refractivity contribution in [3.05, 3.63) is 89.0 Å². The van der Waals surface area contributed by atoms with Crippen molar-refractivity contribution in [2.45, 2.75) is 69.5 Å². The van der Waals surface area contributed by atoms with Crippen LogP contribution in [0.1, 0.15) is 95.0 Å². The second-order valence-corrected chi connectivity index (χ2v) is 11.8. The maximum atomic E-state index is 14.8. The lowest BCUT2D eigenvalue weighted by molar-refractivity contribution is -0.137. The SMILES string of the molecule is CCC[C@@H]1CCCCN1C(=O)c1cccc(-c2cccc(-n3ccc(C(=O)O)c3[C@@H]3C[C@H]3c3cn(C)nn3)c2)c1C(F)(F)F. The Morgan fingerprint density at radius 2 is 1.84 bits per heavy atom. The average Bonchev–Trinajstić information content (AvgIpc) is 3.44. The van der Waals surface area contributed by atoms with E-state index in [0.29, 0.717) is 24.3 Å². The molecule has 3 atom stereocenters. The van der Waals surface area contributed by atoms with Crippen LogP contribution in [0.5, 0.6) is 0 Å². The Morgan fingerprint density at radius 3 is 2.55 bits per heavy atom. The minimum atomic E-state index is -4.78. The van der Waals surface area contributed by atoms with Crippen LogP contribution in [0.25, 0.3) is 16.8 Å². The van der Waals surface area contributed by atoms with Crippen molar-refractivity contribution in [1.82, 2.24) is 24.5 Å². The molecule has 2 aliphatic rings. The first kappa shape index (κ1) is 29.7. The van der Waals surface area contributed by atoms with Crippen molar-refractivity contribution in [1.29, 1.82) is 0 Å². The van der Waals surface area contributed by atoms with Gasteiger partial charge in [-0.3, -0.25) is 9.48 Å². The van der Waals surface area contributed by atoms with Crippen LogP contribution < -0.4 is 0 Å². The Kier molecular flexibility index (Phi) is 7.81. The van der Waals surface area contributed by atoms with Crippen molar-refractivity contribution < 1.29 is 27.9 Å². The summed E-state index contributed by atoms with van der Waals surface area (Å²) in [5.74, 6) is -1.81. The molecule has 0 bridgehead atoms. The highest BCUT2D eigenvalue weighted by molar-refractivity contribution is 5.98. The number of hydrogen-bond donors (Lipinski definition) is 1. The molecule has 8 nitrogen and oxygen atoms in total. The molecule has 1 aliphatic carbocycles. The number of amides is 1. The van der Waals surface area contributed by atoms with Crippen molar-refractivity contribution in [2.75, 3.05) is 6.54 Å². The fourth-order valence-electron chi connectivity index (χ4n) is 6.74. The molecule has 1 saturated heterocycles. The summed E-state index contributed by atoms with van der Waals surface area (Å²) in [4.78, 5) is 27.5. The van der Waals surface area contributed by atoms with Crippen LogP contribution in [0.15, 0.2) is 60.9 Å². The summed E-state index contributed by atoms with van der Waals surface area (Å²) >= 11 is 0. The molecule has 1 aliphatic heterocycles. The van der Waals surface area contributed by atoms with Gasteiger partial charge in [-0.15, -0.1) is 5.10 Å². The number of hydrogen-bond acceptors (Lipinski definition) is 4. The summed E-state index contributed by atoms with van der Waals surface area (Å²) in [6.07, 6.45) is 3.47. The predicted molar refractivity (Wildman–Crippen MR) is 158 cm³/mol. The number of benzene rings is 2. The van der Waals surface area contributed by atoms with E-state index in [1.807, 2.05) is 6.92 Å². The Bertz CT molecular complexity index is 1710. The van der Waals surface area contributed by atoms with Gasteiger partial charge in [0.1, 0.15) is 0 Å². The average molecular weight is 606 g/mol. The maximum absolute atomic E-state index is 14.8. The van der Waals surface area contributed by atoms with Gasteiger partial charge in [0.25, 0.3) is 5.91 Å². The van der Waals surface area contributed by atoms with Gasteiger partial charge in [0.05, 0.1) is 22.4 Å². The van der Waals surface area contributed by atoms with Crippen LogP contribution in [0.2, 0.25) is 0 Å². The molecule has 0 spiro atoms. The standard InChI is InChI=1S/C33H34F3N5O3/c1-3-8-21-10-4-5-15-41(21)31(42)24-13-7-12-23(29(24)33(34,35)36)20-9-6-11-22(17-20)40-16-14-25(32(43)44)30(40)27-18-26(27)28-19-39(2)38-37-28/h6-7,9,11-14,16-17,19,21,26-27H,3-5,8,10,15,18H2,1-2H3,(H,43,44)/t21-,26-,27-/m1/s1. The first-order valence-electron chi connectivity index (χ1n) is 15.0. The topological polar surface area (TPSA) is 93.2 Å². The van der Waals surface area contributed by atoms with Crippen LogP contribution in [0.3, 0.4) is 0 Å². The van der Waals surface area contributed by atoms with E-state index >= 15 is 0 Å². The highest BCUT2D eigenvalue weighted by atomic mass is 19.4. The van der Waals surface area contributed by atoms with E-state index in [1.54, 1.807) is 57.9 Å². The normalized spacial score (nSPS) is 20.1. The molecular weight excluding hydrogens is 571 g/mol. The van der Waals surface area contributed by atoms with Crippen molar-refractivity contribution in [2.24, 2.45) is 7.05 Å². The van der Waals surface area contributed by atoms with E-state index < -0.39 is 23.6 Å². The zero-order valence-corrected chi connectivity index (χ0v) is 24.6. The number of halogens is 3. The first-order chi connectivity index (χ1) is 21.1. The van der Waals surface area contributed by atoms with E-state index in [0.717, 1.165) is 37.8 Å². The lowest BCUT2D eigenvalue weighted by Crippen LogP contribution is -2.44. The lowest BCUT2D eigenvalue weighted by Gasteiger charge is -2.36. The van der Waals surface area contributed by atoms with E-state index in [4.69, 9.17) is 0 Å². The number of aromatic nitrogens is 4. The monoisotopic (exact) mass is 605 g/mol. The van der Waals surface area contributed by atoms with Gasteiger partial charge in [-0.2, -0.15) is 13.2 Å². The minimum Gasteiger partial charge on any atom is -0.478 e. The largest absolute Gasteiger partial charge is 0.478 e. The maximum Gasteiger partial charge on any atom is 0.417 e. The summed E-state index contributed by atoms with van der Waals surface area (Å²) < 4.78 is 47.8. The van der Waals surface area contributed by atoms with Gasteiger partial charge in [0.2, 0.25) is 0 Å². The molecule has 1 N–H and O–H groups in total. The lowest BCUT2D eigenvalue weighted by atomic mass is 9.92. The third kappa shape index (κ3) is 5.51. The number of aryl methyl sites for hydroxylation is 1. The number of carboxylic acids is 1.